The van der Waals surface area contributed by atoms with Crippen LogP contribution in [0.25, 0.3) is 0 Å². The zero-order valence-corrected chi connectivity index (χ0v) is 12.3. The van der Waals surface area contributed by atoms with Crippen molar-refractivity contribution in [1.82, 2.24) is 5.43 Å². The van der Waals surface area contributed by atoms with Crippen LogP contribution in [0, 0.1) is 0 Å². The number of hydrogen-bond donors (Lipinski definition) is 1. The second-order valence-electron chi connectivity index (χ2n) is 4.10. The summed E-state index contributed by atoms with van der Waals surface area (Å²) in [6.07, 6.45) is -0.473. The zero-order valence-electron chi connectivity index (χ0n) is 10.7. The lowest BCUT2D eigenvalue weighted by Gasteiger charge is -2.18. The second-order valence-corrected chi connectivity index (χ2v) is 6.61. The second kappa shape index (κ2) is 5.80. The van der Waals surface area contributed by atoms with Gasteiger partial charge in [0.05, 0.1) is 23.0 Å². The Balaban J connectivity index is 2.37. The van der Waals surface area contributed by atoms with Gasteiger partial charge in [-0.15, -0.1) is 0 Å². The van der Waals surface area contributed by atoms with Crippen molar-refractivity contribution in [1.29, 1.82) is 0 Å². The highest BCUT2D eigenvalue weighted by atomic mass is 35.5. The van der Waals surface area contributed by atoms with E-state index in [0.29, 0.717) is 16.3 Å². The van der Waals surface area contributed by atoms with Crippen LogP contribution in [0.2, 0.25) is 5.02 Å². The van der Waals surface area contributed by atoms with Crippen molar-refractivity contribution in [3.8, 4) is 0 Å². The Morgan fingerprint density at radius 1 is 1.50 bits per heavy atom. The molecule has 6 nitrogen and oxygen atoms in total. The number of benzene rings is 1. The molecule has 0 bridgehead atoms. The monoisotopic (exact) mass is 316 g/mol. The average molecular weight is 317 g/mol. The van der Waals surface area contributed by atoms with E-state index in [2.05, 4.69) is 15.3 Å². The number of nitrogens with zero attached hydrogens (tertiary/aromatic N) is 1. The van der Waals surface area contributed by atoms with Crippen molar-refractivity contribution in [2.24, 2.45) is 5.10 Å². The standard InChI is InChI=1S/C12H13ClN2O4S/c1-2-19-12(16)15-14-10-5-6-20(17,18)11-4-3-8(13)7-9(10)11/h3-4,7H,2,5-6H2,1H3,(H,15,16)/b14-10-. The molecule has 0 radical (unpaired) electrons. The zero-order chi connectivity index (χ0) is 14.8. The number of sulfone groups is 1. The van der Waals surface area contributed by atoms with Crippen molar-refractivity contribution in [2.45, 2.75) is 18.2 Å². The number of rotatable bonds is 2. The number of ether oxygens (including phenoxy) is 1. The first-order valence-electron chi connectivity index (χ1n) is 5.96. The van der Waals surface area contributed by atoms with Crippen molar-refractivity contribution >= 4 is 33.2 Å². The first kappa shape index (κ1) is 14.8. The smallest absolute Gasteiger partial charge is 0.427 e. The van der Waals surface area contributed by atoms with E-state index in [4.69, 9.17) is 11.6 Å². The lowest BCUT2D eigenvalue weighted by Crippen LogP contribution is -2.26. The van der Waals surface area contributed by atoms with Crippen LogP contribution in [0.3, 0.4) is 0 Å². The third-order valence-electron chi connectivity index (χ3n) is 2.75. The SMILES string of the molecule is CCOC(=O)N/N=C1/CCS(=O)(=O)c2ccc(Cl)cc21. The van der Waals surface area contributed by atoms with E-state index in [9.17, 15) is 13.2 Å². The molecular formula is C12H13ClN2O4S. The Kier molecular flexibility index (Phi) is 4.29. The molecule has 0 unspecified atom stereocenters. The molecule has 1 aromatic carbocycles. The molecular weight excluding hydrogens is 304 g/mol. The maximum atomic E-state index is 12.0. The highest BCUT2D eigenvalue weighted by molar-refractivity contribution is 7.91. The largest absolute Gasteiger partial charge is 0.449 e. The van der Waals surface area contributed by atoms with Gasteiger partial charge in [-0.25, -0.2) is 18.6 Å². The minimum atomic E-state index is -3.32. The van der Waals surface area contributed by atoms with E-state index in [-0.39, 0.29) is 23.7 Å². The minimum Gasteiger partial charge on any atom is -0.449 e. The molecule has 0 aliphatic carbocycles. The van der Waals surface area contributed by atoms with E-state index in [1.54, 1.807) is 6.92 Å². The lowest BCUT2D eigenvalue weighted by atomic mass is 10.1. The van der Waals surface area contributed by atoms with Gasteiger partial charge in [0.1, 0.15) is 0 Å². The van der Waals surface area contributed by atoms with E-state index in [1.807, 2.05) is 0 Å². The van der Waals surface area contributed by atoms with Gasteiger partial charge in [-0.3, -0.25) is 0 Å². The number of fused-ring (bicyclic) bond motifs is 1. The maximum absolute atomic E-state index is 12.0. The maximum Gasteiger partial charge on any atom is 0.427 e. The molecule has 1 aliphatic rings. The summed E-state index contributed by atoms with van der Waals surface area (Å²) in [6.45, 7) is 1.91. The molecule has 1 aromatic rings. The van der Waals surface area contributed by atoms with Crippen LogP contribution in [-0.4, -0.2) is 32.6 Å². The van der Waals surface area contributed by atoms with Gasteiger partial charge >= 0.3 is 6.09 Å². The number of amides is 1. The van der Waals surface area contributed by atoms with Gasteiger partial charge in [0.15, 0.2) is 9.84 Å². The Morgan fingerprint density at radius 2 is 2.25 bits per heavy atom. The molecule has 0 spiro atoms. The summed E-state index contributed by atoms with van der Waals surface area (Å²) < 4.78 is 28.6. The Morgan fingerprint density at radius 3 is 2.95 bits per heavy atom. The lowest BCUT2D eigenvalue weighted by molar-refractivity contribution is 0.152. The normalized spacial score (nSPS) is 18.4. The molecule has 0 saturated carbocycles. The quantitative estimate of drug-likeness (QED) is 0.845. The molecule has 1 N–H and O–H groups in total. The Bertz CT molecular complexity index is 670. The van der Waals surface area contributed by atoms with Gasteiger partial charge in [0.25, 0.3) is 0 Å². The first-order chi connectivity index (χ1) is 9.44. The van der Waals surface area contributed by atoms with Gasteiger partial charge in [0, 0.05) is 17.0 Å². The van der Waals surface area contributed by atoms with E-state index in [0.717, 1.165) is 0 Å². The molecule has 0 aromatic heterocycles. The fourth-order valence-corrected chi connectivity index (χ4v) is 3.51. The number of carbonyl (C=O) groups excluding carboxylic acids is 1. The first-order valence-corrected chi connectivity index (χ1v) is 7.99. The molecule has 1 amide bonds. The molecule has 1 heterocycles. The van der Waals surface area contributed by atoms with Crippen molar-refractivity contribution in [3.63, 3.8) is 0 Å². The van der Waals surface area contributed by atoms with Gasteiger partial charge in [-0.2, -0.15) is 5.10 Å². The molecule has 0 atom stereocenters. The van der Waals surface area contributed by atoms with Crippen molar-refractivity contribution in [2.75, 3.05) is 12.4 Å². The van der Waals surface area contributed by atoms with Gasteiger partial charge in [0.2, 0.25) is 0 Å². The number of halogens is 1. The van der Waals surface area contributed by atoms with Crippen LogP contribution in [0.1, 0.15) is 18.9 Å². The fraction of sp³-hybridized carbons (Fsp3) is 0.333. The molecule has 1 aliphatic heterocycles. The third-order valence-corrected chi connectivity index (χ3v) is 4.76. The van der Waals surface area contributed by atoms with Crippen LogP contribution in [0.5, 0.6) is 0 Å². The number of nitrogens with one attached hydrogen (secondary N) is 1. The Labute approximate surface area is 121 Å². The molecule has 0 saturated heterocycles. The highest BCUT2D eigenvalue weighted by Gasteiger charge is 2.28. The van der Waals surface area contributed by atoms with Gasteiger partial charge < -0.3 is 4.74 Å². The van der Waals surface area contributed by atoms with Gasteiger partial charge in [-0.1, -0.05) is 11.6 Å². The van der Waals surface area contributed by atoms with Crippen LogP contribution in [-0.2, 0) is 14.6 Å². The van der Waals surface area contributed by atoms with Crippen molar-refractivity contribution in [3.05, 3.63) is 28.8 Å². The van der Waals surface area contributed by atoms with Crippen LogP contribution < -0.4 is 5.43 Å². The molecule has 8 heteroatoms. The van der Waals surface area contributed by atoms with Crippen LogP contribution >= 0.6 is 11.6 Å². The summed E-state index contributed by atoms with van der Waals surface area (Å²) in [4.78, 5) is 11.4. The van der Waals surface area contributed by atoms with E-state index >= 15 is 0 Å². The average Bonchev–Trinajstić information content (AvgIpc) is 2.38. The third kappa shape index (κ3) is 3.10. The summed E-state index contributed by atoms with van der Waals surface area (Å²) in [5.74, 6) is -0.0506. The summed E-state index contributed by atoms with van der Waals surface area (Å²) >= 11 is 5.89. The van der Waals surface area contributed by atoms with Crippen molar-refractivity contribution < 1.29 is 17.9 Å². The fourth-order valence-electron chi connectivity index (χ4n) is 1.87. The predicted molar refractivity (Wildman–Crippen MR) is 74.8 cm³/mol. The minimum absolute atomic E-state index is 0.0506. The molecule has 0 fully saturated rings. The Hall–Kier alpha value is -1.60. The van der Waals surface area contributed by atoms with E-state index in [1.165, 1.54) is 18.2 Å². The predicted octanol–water partition coefficient (Wildman–Crippen LogP) is 1.97. The molecule has 108 valence electrons. The number of carbonyl (C=O) groups is 1. The van der Waals surface area contributed by atoms with Crippen LogP contribution in [0.15, 0.2) is 28.2 Å². The van der Waals surface area contributed by atoms with Gasteiger partial charge in [-0.05, 0) is 25.1 Å². The summed E-state index contributed by atoms with van der Waals surface area (Å²) in [7, 11) is -3.32. The molecule has 2 rings (SSSR count). The topological polar surface area (TPSA) is 84.8 Å². The summed E-state index contributed by atoms with van der Waals surface area (Å²) in [5.41, 5.74) is 3.11. The van der Waals surface area contributed by atoms with E-state index < -0.39 is 15.9 Å². The highest BCUT2D eigenvalue weighted by Crippen LogP contribution is 2.27. The number of hydrogen-bond acceptors (Lipinski definition) is 5. The molecule has 20 heavy (non-hydrogen) atoms. The summed E-state index contributed by atoms with van der Waals surface area (Å²) in [5, 5.41) is 4.33. The van der Waals surface area contributed by atoms with Crippen LogP contribution in [0.4, 0.5) is 4.79 Å². The number of hydrazone groups is 1. The summed E-state index contributed by atoms with van der Waals surface area (Å²) in [6, 6.07) is 4.49.